The monoisotopic (exact) mass is 750 g/mol. The molecule has 270 valence electrons. The first kappa shape index (κ1) is 34.3. The number of rotatable bonds is 7. The smallest absolute Gasteiger partial charge is 0.478 e. The van der Waals surface area contributed by atoms with Gasteiger partial charge in [-0.3, -0.25) is 14.4 Å². The summed E-state index contributed by atoms with van der Waals surface area (Å²) < 4.78 is 68.9. The van der Waals surface area contributed by atoms with Crippen LogP contribution in [0.1, 0.15) is 39.1 Å². The summed E-state index contributed by atoms with van der Waals surface area (Å²) in [6, 6.07) is 11.2. The number of carboxylic acid groups (broad SMARTS) is 1. The van der Waals surface area contributed by atoms with E-state index in [2.05, 4.69) is 4.74 Å². The van der Waals surface area contributed by atoms with Crippen LogP contribution in [0.4, 0.5) is 28.9 Å². The molecule has 5 aliphatic heterocycles. The van der Waals surface area contributed by atoms with Crippen molar-refractivity contribution in [2.75, 3.05) is 55.9 Å². The third kappa shape index (κ3) is 6.35. The summed E-state index contributed by atoms with van der Waals surface area (Å²) in [6.45, 7) is 2.42. The van der Waals surface area contributed by atoms with E-state index < -0.39 is 30.2 Å². The Labute approximate surface area is 299 Å². The number of ether oxygens (including phenoxy) is 3. The SMILES string of the molecule is O=C(O)c1cc(F)c(-c2cccc3c2OCN(C(=O)c2c(Cl)cc(N4CC(N5CC(OC(F)(F)F)C5)C4)cc2Cl)C3)cc1N1C2CCC1COC2. The van der Waals surface area contributed by atoms with E-state index in [9.17, 15) is 27.9 Å². The molecule has 1 N–H and O–H groups in total. The molecule has 3 aromatic rings. The zero-order valence-corrected chi connectivity index (χ0v) is 28.5. The molecule has 4 fully saturated rings. The zero-order chi connectivity index (χ0) is 35.8. The molecule has 3 aromatic carbocycles. The van der Waals surface area contributed by atoms with Gasteiger partial charge in [0.25, 0.3) is 5.91 Å². The summed E-state index contributed by atoms with van der Waals surface area (Å²) in [6.07, 6.45) is -3.80. The molecule has 0 aliphatic carbocycles. The molecule has 51 heavy (non-hydrogen) atoms. The number of halogens is 6. The molecule has 2 unspecified atom stereocenters. The van der Waals surface area contributed by atoms with Gasteiger partial charge in [-0.15, -0.1) is 13.2 Å². The van der Waals surface area contributed by atoms with Gasteiger partial charge in [0.2, 0.25) is 0 Å². The molecule has 0 spiro atoms. The second-order valence-electron chi connectivity index (χ2n) is 13.5. The van der Waals surface area contributed by atoms with E-state index >= 15 is 4.39 Å². The summed E-state index contributed by atoms with van der Waals surface area (Å²) in [5.41, 5.74) is 2.35. The Kier molecular flexibility index (Phi) is 8.73. The average molecular weight is 752 g/mol. The number of carbonyl (C=O) groups is 2. The molecule has 0 radical (unpaired) electrons. The summed E-state index contributed by atoms with van der Waals surface area (Å²) in [7, 11) is 0. The number of fused-ring (bicyclic) bond motifs is 3. The molecule has 2 atom stereocenters. The maximum absolute atomic E-state index is 15.7. The highest BCUT2D eigenvalue weighted by molar-refractivity contribution is 6.40. The van der Waals surface area contributed by atoms with Gasteiger partial charge in [-0.25, -0.2) is 9.18 Å². The maximum atomic E-state index is 15.7. The van der Waals surface area contributed by atoms with Crippen molar-refractivity contribution in [1.82, 2.24) is 9.80 Å². The van der Waals surface area contributed by atoms with Crippen molar-refractivity contribution < 1.29 is 46.5 Å². The van der Waals surface area contributed by atoms with Gasteiger partial charge in [-0.1, -0.05) is 41.4 Å². The van der Waals surface area contributed by atoms with Crippen LogP contribution in [0.15, 0.2) is 42.5 Å². The van der Waals surface area contributed by atoms with E-state index in [-0.39, 0.29) is 71.2 Å². The zero-order valence-electron chi connectivity index (χ0n) is 27.0. The molecule has 0 saturated carbocycles. The Morgan fingerprint density at radius 2 is 1.61 bits per heavy atom. The predicted octanol–water partition coefficient (Wildman–Crippen LogP) is 6.27. The van der Waals surface area contributed by atoms with Crippen LogP contribution < -0.4 is 14.5 Å². The van der Waals surface area contributed by atoms with Crippen molar-refractivity contribution in [2.45, 2.75) is 50.0 Å². The number of carbonyl (C=O) groups excluding carboxylic acids is 1. The number of anilines is 2. The standard InChI is InChI=1S/C35H32Cl2F4N4O6/c36-27-6-21(42-11-22(12-42)43-13-23(14-43)51-35(39,40)41)7-28(37)31(27)33(46)44-10-18-2-1-3-24(32(18)50-17-44)25-9-30(26(34(47)48)8-29(25)38)45-19-4-5-20(45)16-49-15-19/h1-3,6-9,19-20,22-23H,4-5,10-17H2,(H,47,48). The molecular weight excluding hydrogens is 719 g/mol. The number of carboxylic acids is 1. The minimum Gasteiger partial charge on any atom is -0.478 e. The number of nitrogens with zero attached hydrogens (tertiary/aromatic N) is 4. The normalized spacial score (nSPS) is 22.4. The van der Waals surface area contributed by atoms with Gasteiger partial charge in [0.15, 0.2) is 6.73 Å². The number of morpholine rings is 1. The first-order chi connectivity index (χ1) is 24.3. The van der Waals surface area contributed by atoms with Crippen molar-refractivity contribution >= 4 is 46.5 Å². The van der Waals surface area contributed by atoms with Crippen LogP contribution in [-0.2, 0) is 16.0 Å². The topological polar surface area (TPSA) is 95.0 Å². The second-order valence-corrected chi connectivity index (χ2v) is 14.4. The number of likely N-dealkylation sites (tertiary alicyclic amines) is 1. The number of hydrogen-bond acceptors (Lipinski definition) is 8. The summed E-state index contributed by atoms with van der Waals surface area (Å²) >= 11 is 13.3. The van der Waals surface area contributed by atoms with Gasteiger partial charge in [-0.2, -0.15) is 0 Å². The minimum atomic E-state index is -4.65. The van der Waals surface area contributed by atoms with Crippen LogP contribution in [0.3, 0.4) is 0 Å². The molecular formula is C35H32Cl2F4N4O6. The molecule has 5 heterocycles. The van der Waals surface area contributed by atoms with Gasteiger partial charge in [0.05, 0.1) is 64.8 Å². The fourth-order valence-corrected chi connectivity index (χ4v) is 8.46. The van der Waals surface area contributed by atoms with Crippen molar-refractivity contribution in [1.29, 1.82) is 0 Å². The van der Waals surface area contributed by atoms with Crippen molar-refractivity contribution in [2.24, 2.45) is 0 Å². The van der Waals surface area contributed by atoms with Gasteiger partial charge < -0.3 is 29.3 Å². The van der Waals surface area contributed by atoms with Crippen LogP contribution in [0.5, 0.6) is 5.75 Å². The number of para-hydroxylation sites is 1. The lowest BCUT2D eigenvalue weighted by Gasteiger charge is -2.52. The second kappa shape index (κ2) is 13.0. The van der Waals surface area contributed by atoms with Crippen molar-refractivity contribution in [3.05, 3.63) is 75.0 Å². The van der Waals surface area contributed by atoms with Gasteiger partial charge in [0.1, 0.15) is 11.6 Å². The Balaban J connectivity index is 0.980. The Bertz CT molecular complexity index is 1870. The van der Waals surface area contributed by atoms with E-state index in [1.165, 1.54) is 4.90 Å². The quantitative estimate of drug-likeness (QED) is 0.281. The first-order valence-corrected chi connectivity index (χ1v) is 17.3. The highest BCUT2D eigenvalue weighted by atomic mass is 35.5. The van der Waals surface area contributed by atoms with Crippen molar-refractivity contribution in [3.63, 3.8) is 0 Å². The van der Waals surface area contributed by atoms with E-state index in [4.69, 9.17) is 32.7 Å². The maximum Gasteiger partial charge on any atom is 0.522 e. The number of aromatic carboxylic acids is 1. The molecule has 0 aromatic heterocycles. The van der Waals surface area contributed by atoms with Gasteiger partial charge in [0, 0.05) is 54.6 Å². The average Bonchev–Trinajstić information content (AvgIpc) is 3.28. The Morgan fingerprint density at radius 1 is 0.922 bits per heavy atom. The largest absolute Gasteiger partial charge is 0.522 e. The summed E-state index contributed by atoms with van der Waals surface area (Å²) in [4.78, 5) is 33.4. The molecule has 16 heteroatoms. The van der Waals surface area contributed by atoms with Crippen LogP contribution >= 0.6 is 23.2 Å². The van der Waals surface area contributed by atoms with E-state index in [1.54, 1.807) is 36.4 Å². The Hall–Kier alpha value is -3.82. The third-order valence-corrected chi connectivity index (χ3v) is 11.0. The lowest BCUT2D eigenvalue weighted by Crippen LogP contribution is -2.67. The fraction of sp³-hybridized carbons (Fsp3) is 0.429. The fourth-order valence-electron chi connectivity index (χ4n) is 7.82. The lowest BCUT2D eigenvalue weighted by molar-refractivity contribution is -0.356. The lowest BCUT2D eigenvalue weighted by atomic mass is 9.96. The number of amides is 1. The molecule has 2 bridgehead atoms. The van der Waals surface area contributed by atoms with Crippen LogP contribution in [0.2, 0.25) is 10.0 Å². The number of hydrogen-bond donors (Lipinski definition) is 1. The third-order valence-electron chi connectivity index (χ3n) is 10.4. The summed E-state index contributed by atoms with van der Waals surface area (Å²) in [5.74, 6) is -2.00. The highest BCUT2D eigenvalue weighted by Gasteiger charge is 2.44. The molecule has 5 aliphatic rings. The van der Waals surface area contributed by atoms with E-state index in [0.29, 0.717) is 54.6 Å². The van der Waals surface area contributed by atoms with Crippen molar-refractivity contribution in [3.8, 4) is 16.9 Å². The number of benzene rings is 3. The highest BCUT2D eigenvalue weighted by Crippen LogP contribution is 2.44. The van der Waals surface area contributed by atoms with Crippen LogP contribution in [-0.4, -0.2) is 103 Å². The molecule has 4 saturated heterocycles. The van der Waals surface area contributed by atoms with Gasteiger partial charge >= 0.3 is 12.3 Å². The first-order valence-electron chi connectivity index (χ1n) is 16.5. The minimum absolute atomic E-state index is 0.000197. The van der Waals surface area contributed by atoms with Gasteiger partial charge in [-0.05, 0) is 37.1 Å². The van der Waals surface area contributed by atoms with E-state index in [1.807, 2.05) is 14.7 Å². The predicted molar refractivity (Wildman–Crippen MR) is 179 cm³/mol. The molecule has 10 nitrogen and oxygen atoms in total. The summed E-state index contributed by atoms with van der Waals surface area (Å²) in [5, 5.41) is 10.2. The van der Waals surface area contributed by atoms with Crippen LogP contribution in [0, 0.1) is 5.82 Å². The molecule has 1 amide bonds. The Morgan fingerprint density at radius 3 is 2.25 bits per heavy atom. The van der Waals surface area contributed by atoms with Crippen LogP contribution in [0.25, 0.3) is 11.1 Å². The van der Waals surface area contributed by atoms with E-state index in [0.717, 1.165) is 18.9 Å². The molecule has 8 rings (SSSR count). The number of alkyl halides is 3.